The Labute approximate surface area is 207 Å². The van der Waals surface area contributed by atoms with E-state index in [-0.39, 0.29) is 17.7 Å². The van der Waals surface area contributed by atoms with Crippen molar-refractivity contribution in [2.24, 2.45) is 5.73 Å². The fourth-order valence-electron chi connectivity index (χ4n) is 4.32. The van der Waals surface area contributed by atoms with Gasteiger partial charge in [-0.1, -0.05) is 30.3 Å². The number of pyridine rings is 1. The molecule has 0 saturated heterocycles. The lowest BCUT2D eigenvalue weighted by atomic mass is 9.96. The molecule has 0 aliphatic heterocycles. The molecule has 0 fully saturated rings. The van der Waals surface area contributed by atoms with Crippen molar-refractivity contribution in [3.05, 3.63) is 70.9 Å². The largest absolute Gasteiger partial charge is 0.508 e. The molecule has 0 radical (unpaired) electrons. The second-order valence-corrected chi connectivity index (χ2v) is 8.78. The van der Waals surface area contributed by atoms with E-state index in [4.69, 9.17) is 15.2 Å². The average molecular weight is 480 g/mol. The molecule has 2 atom stereocenters. The van der Waals surface area contributed by atoms with Crippen LogP contribution in [-0.2, 0) is 27.2 Å². The second-order valence-electron chi connectivity index (χ2n) is 8.78. The fourth-order valence-corrected chi connectivity index (χ4v) is 4.32. The highest BCUT2D eigenvalue weighted by molar-refractivity contribution is 5.84. The molecule has 0 saturated carbocycles. The average Bonchev–Trinajstić information content (AvgIpc) is 2.86. The maximum Gasteiger partial charge on any atom is 0.240 e. The molecule has 0 bridgehead atoms. The third kappa shape index (κ3) is 6.17. The van der Waals surface area contributed by atoms with Gasteiger partial charge in [0.1, 0.15) is 5.75 Å². The number of fused-ring (bicyclic) bond motifs is 1. The number of benzene rings is 2. The van der Waals surface area contributed by atoms with Crippen LogP contribution in [0.3, 0.4) is 0 Å². The Morgan fingerprint density at radius 3 is 2.40 bits per heavy atom. The molecule has 7 nitrogen and oxygen atoms in total. The standard InChI is InChI=1S/C28H37N3O4/c1-6-34-28(35-7-2)20(5)31(17-23-11-8-10-21-12-9-15-30-26(21)23)27(33)24(29)16-22-13-14-25(32)19(4)18(22)3/h8-15,20,24,28,32H,6-7,16-17,29H2,1-5H3/t20-,24-/m0/s1. The smallest absolute Gasteiger partial charge is 0.240 e. The van der Waals surface area contributed by atoms with Crippen molar-refractivity contribution in [1.82, 2.24) is 9.88 Å². The van der Waals surface area contributed by atoms with Gasteiger partial charge in [0.25, 0.3) is 0 Å². The van der Waals surface area contributed by atoms with Crippen LogP contribution in [0, 0.1) is 13.8 Å². The molecule has 1 amide bonds. The summed E-state index contributed by atoms with van der Waals surface area (Å²) in [7, 11) is 0. The summed E-state index contributed by atoms with van der Waals surface area (Å²) < 4.78 is 11.7. The molecule has 3 rings (SSSR count). The van der Waals surface area contributed by atoms with Crippen molar-refractivity contribution in [2.45, 2.75) is 66.0 Å². The Bertz CT molecular complexity index is 1140. The number of amides is 1. The summed E-state index contributed by atoms with van der Waals surface area (Å²) >= 11 is 0. The van der Waals surface area contributed by atoms with Gasteiger partial charge in [0.2, 0.25) is 5.91 Å². The second kappa shape index (κ2) is 12.1. The molecule has 0 unspecified atom stereocenters. The normalized spacial score (nSPS) is 13.2. The summed E-state index contributed by atoms with van der Waals surface area (Å²) in [5.74, 6) is 0.0427. The highest BCUT2D eigenvalue weighted by Crippen LogP contribution is 2.25. The van der Waals surface area contributed by atoms with Crippen molar-refractivity contribution in [3.8, 4) is 5.75 Å². The minimum absolute atomic E-state index is 0.194. The number of hydrogen-bond donors (Lipinski definition) is 2. The Morgan fingerprint density at radius 2 is 1.71 bits per heavy atom. The fraction of sp³-hybridized carbons (Fsp3) is 0.429. The monoisotopic (exact) mass is 479 g/mol. The molecule has 2 aromatic carbocycles. The summed E-state index contributed by atoms with van der Waals surface area (Å²) in [6.07, 6.45) is 1.53. The van der Waals surface area contributed by atoms with Gasteiger partial charge in [-0.15, -0.1) is 0 Å². The van der Waals surface area contributed by atoms with Crippen LogP contribution < -0.4 is 5.73 Å². The third-order valence-corrected chi connectivity index (χ3v) is 6.52. The Hall–Kier alpha value is -3.00. The van der Waals surface area contributed by atoms with Gasteiger partial charge < -0.3 is 25.2 Å². The molecule has 188 valence electrons. The number of nitrogens with two attached hydrogens (primary N) is 1. The number of rotatable bonds is 11. The van der Waals surface area contributed by atoms with E-state index >= 15 is 0 Å². The van der Waals surface area contributed by atoms with E-state index in [0.29, 0.717) is 26.2 Å². The maximum atomic E-state index is 13.8. The van der Waals surface area contributed by atoms with Crippen LogP contribution >= 0.6 is 0 Å². The molecule has 0 aliphatic carbocycles. The van der Waals surface area contributed by atoms with E-state index in [9.17, 15) is 9.90 Å². The van der Waals surface area contributed by atoms with Gasteiger partial charge in [-0.2, -0.15) is 0 Å². The summed E-state index contributed by atoms with van der Waals surface area (Å²) in [4.78, 5) is 20.1. The number of phenolic OH excluding ortho intramolecular Hbond substituents is 1. The molecule has 0 spiro atoms. The van der Waals surface area contributed by atoms with E-state index in [1.165, 1.54) is 0 Å². The predicted molar refractivity (Wildman–Crippen MR) is 138 cm³/mol. The van der Waals surface area contributed by atoms with Crippen molar-refractivity contribution in [1.29, 1.82) is 0 Å². The summed E-state index contributed by atoms with van der Waals surface area (Å²) in [6.45, 7) is 10.8. The summed E-state index contributed by atoms with van der Waals surface area (Å²) in [6, 6.07) is 12.2. The number of aromatic hydroxyl groups is 1. The molecule has 1 aromatic heterocycles. The van der Waals surface area contributed by atoms with Crippen LogP contribution in [0.4, 0.5) is 0 Å². The van der Waals surface area contributed by atoms with Crippen molar-refractivity contribution in [3.63, 3.8) is 0 Å². The van der Waals surface area contributed by atoms with Crippen LogP contribution in [0.15, 0.2) is 48.7 Å². The predicted octanol–water partition coefficient (Wildman–Crippen LogP) is 4.24. The van der Waals surface area contributed by atoms with E-state index in [2.05, 4.69) is 4.98 Å². The molecule has 7 heteroatoms. The molecule has 1 heterocycles. The van der Waals surface area contributed by atoms with Crippen molar-refractivity contribution < 1.29 is 19.4 Å². The van der Waals surface area contributed by atoms with E-state index in [1.54, 1.807) is 17.2 Å². The van der Waals surface area contributed by atoms with Gasteiger partial charge in [0, 0.05) is 31.3 Å². The van der Waals surface area contributed by atoms with Gasteiger partial charge in [-0.3, -0.25) is 9.78 Å². The lowest BCUT2D eigenvalue weighted by molar-refractivity contribution is -0.179. The highest BCUT2D eigenvalue weighted by atomic mass is 16.7. The van der Waals surface area contributed by atoms with E-state index in [1.807, 2.05) is 71.0 Å². The summed E-state index contributed by atoms with van der Waals surface area (Å²) in [5, 5.41) is 11.0. The Balaban J connectivity index is 1.94. The number of aromatic nitrogens is 1. The number of nitrogens with zero attached hydrogens (tertiary/aromatic N) is 2. The van der Waals surface area contributed by atoms with Crippen LogP contribution in [0.2, 0.25) is 0 Å². The zero-order valence-corrected chi connectivity index (χ0v) is 21.3. The molecular weight excluding hydrogens is 442 g/mol. The van der Waals surface area contributed by atoms with Crippen LogP contribution in [0.5, 0.6) is 5.75 Å². The van der Waals surface area contributed by atoms with Crippen LogP contribution in [-0.4, -0.2) is 52.5 Å². The van der Waals surface area contributed by atoms with Crippen molar-refractivity contribution >= 4 is 16.8 Å². The van der Waals surface area contributed by atoms with Crippen molar-refractivity contribution in [2.75, 3.05) is 13.2 Å². The van der Waals surface area contributed by atoms with Gasteiger partial charge in [-0.25, -0.2) is 0 Å². The van der Waals surface area contributed by atoms with Crippen LogP contribution in [0.1, 0.15) is 43.0 Å². The molecule has 35 heavy (non-hydrogen) atoms. The van der Waals surface area contributed by atoms with Gasteiger partial charge >= 0.3 is 0 Å². The van der Waals surface area contributed by atoms with E-state index < -0.39 is 12.3 Å². The minimum atomic E-state index is -0.771. The summed E-state index contributed by atoms with van der Waals surface area (Å²) in [5.41, 5.74) is 11.0. The third-order valence-electron chi connectivity index (χ3n) is 6.52. The first kappa shape index (κ1) is 26.6. The topological polar surface area (TPSA) is 97.9 Å². The quantitative estimate of drug-likeness (QED) is 0.399. The number of ether oxygens (including phenoxy) is 2. The molecule has 3 N–H and O–H groups in total. The lowest BCUT2D eigenvalue weighted by Gasteiger charge is -2.36. The first-order chi connectivity index (χ1) is 16.8. The number of hydrogen-bond acceptors (Lipinski definition) is 6. The SMILES string of the molecule is CCOC(OCC)[C@H](C)N(Cc1cccc2cccnc12)C(=O)[C@@H](N)Cc1ccc(O)c(C)c1C. The highest BCUT2D eigenvalue weighted by Gasteiger charge is 2.32. The van der Waals surface area contributed by atoms with Gasteiger partial charge in [-0.05, 0) is 75.4 Å². The molecule has 0 aliphatic rings. The van der Waals surface area contributed by atoms with Gasteiger partial charge in [0.15, 0.2) is 6.29 Å². The number of phenols is 1. The number of carbonyl (C=O) groups excluding carboxylic acids is 1. The lowest BCUT2D eigenvalue weighted by Crippen LogP contribution is -2.53. The molecular formula is C28H37N3O4. The maximum absolute atomic E-state index is 13.8. The Morgan fingerprint density at radius 1 is 1.03 bits per heavy atom. The zero-order valence-electron chi connectivity index (χ0n) is 21.3. The van der Waals surface area contributed by atoms with E-state index in [0.717, 1.165) is 33.2 Å². The van der Waals surface area contributed by atoms with Crippen LogP contribution in [0.25, 0.3) is 10.9 Å². The zero-order chi connectivity index (χ0) is 25.5. The first-order valence-corrected chi connectivity index (χ1v) is 12.2. The minimum Gasteiger partial charge on any atom is -0.508 e. The first-order valence-electron chi connectivity index (χ1n) is 12.2. The van der Waals surface area contributed by atoms with Gasteiger partial charge in [0.05, 0.1) is 17.6 Å². The Kier molecular flexibility index (Phi) is 9.20. The number of carbonyl (C=O) groups is 1. The number of para-hydroxylation sites is 1. The molecule has 3 aromatic rings.